The molecule has 0 saturated carbocycles. The molecule has 0 saturated heterocycles. The van der Waals surface area contributed by atoms with E-state index in [0.29, 0.717) is 19.0 Å². The zero-order valence-electron chi connectivity index (χ0n) is 11.4. The van der Waals surface area contributed by atoms with Crippen LogP contribution in [0.5, 0.6) is 0 Å². The number of anilines is 1. The smallest absolute Gasteiger partial charge is 0.201 e. The molecule has 2 heterocycles. The van der Waals surface area contributed by atoms with Crippen LogP contribution in [0, 0.1) is 0 Å². The van der Waals surface area contributed by atoms with Crippen LogP contribution in [0.3, 0.4) is 0 Å². The van der Waals surface area contributed by atoms with E-state index < -0.39 is 6.29 Å². The van der Waals surface area contributed by atoms with Crippen molar-refractivity contribution in [1.82, 2.24) is 20.5 Å². The first kappa shape index (κ1) is 13.7. The summed E-state index contributed by atoms with van der Waals surface area (Å²) in [4.78, 5) is 8.27. The van der Waals surface area contributed by atoms with Gasteiger partial charge in [0.15, 0.2) is 5.82 Å². The number of hydrazine groups is 2. The predicted molar refractivity (Wildman–Crippen MR) is 70.5 cm³/mol. The third kappa shape index (κ3) is 3.19. The van der Waals surface area contributed by atoms with E-state index in [0.717, 1.165) is 5.70 Å². The van der Waals surface area contributed by atoms with Crippen molar-refractivity contribution in [1.29, 1.82) is 0 Å². The van der Waals surface area contributed by atoms with Gasteiger partial charge in [0.2, 0.25) is 6.29 Å². The summed E-state index contributed by atoms with van der Waals surface area (Å²) in [5.41, 5.74) is 4.01. The van der Waals surface area contributed by atoms with Crippen LogP contribution in [-0.4, -0.2) is 41.5 Å². The Bertz CT molecular complexity index is 419. The molecule has 0 bridgehead atoms. The normalized spacial score (nSPS) is 15.3. The van der Waals surface area contributed by atoms with Gasteiger partial charge in [-0.25, -0.2) is 9.99 Å². The van der Waals surface area contributed by atoms with Crippen LogP contribution in [0.1, 0.15) is 13.8 Å². The van der Waals surface area contributed by atoms with Gasteiger partial charge in [-0.1, -0.05) is 0 Å². The van der Waals surface area contributed by atoms with Gasteiger partial charge in [0.25, 0.3) is 0 Å². The van der Waals surface area contributed by atoms with E-state index in [-0.39, 0.29) is 0 Å². The van der Waals surface area contributed by atoms with Gasteiger partial charge in [-0.15, -0.1) is 5.53 Å². The van der Waals surface area contributed by atoms with Gasteiger partial charge >= 0.3 is 0 Å². The Morgan fingerprint density at radius 2 is 2.00 bits per heavy atom. The zero-order chi connectivity index (χ0) is 13.7. The molecule has 0 aliphatic carbocycles. The van der Waals surface area contributed by atoms with Crippen LogP contribution in [-0.2, 0) is 9.47 Å². The van der Waals surface area contributed by atoms with Gasteiger partial charge < -0.3 is 9.47 Å². The number of rotatable bonds is 6. The predicted octanol–water partition coefficient (Wildman–Crippen LogP) is 0.888. The molecule has 0 radical (unpaired) electrons. The second-order valence-corrected chi connectivity index (χ2v) is 3.89. The van der Waals surface area contributed by atoms with Crippen molar-refractivity contribution in [2.24, 2.45) is 0 Å². The molecule has 1 N–H and O–H groups in total. The second-order valence-electron chi connectivity index (χ2n) is 3.89. The van der Waals surface area contributed by atoms with Gasteiger partial charge in [-0.2, -0.15) is 0 Å². The molecule has 7 heteroatoms. The molecule has 0 fully saturated rings. The second kappa shape index (κ2) is 6.46. The number of nitrogens with zero attached hydrogens (tertiary/aromatic N) is 4. The van der Waals surface area contributed by atoms with Gasteiger partial charge in [0.05, 0.1) is 12.4 Å². The van der Waals surface area contributed by atoms with Crippen LogP contribution in [0.2, 0.25) is 0 Å². The SMILES string of the molecule is CCOC(OCC)C1=CN(c2cnccn2)NN1C. The van der Waals surface area contributed by atoms with Gasteiger partial charge in [-0.05, 0) is 13.8 Å². The summed E-state index contributed by atoms with van der Waals surface area (Å²) in [5.74, 6) is 0.705. The number of hydrogen-bond donors (Lipinski definition) is 1. The Hall–Kier alpha value is -1.70. The van der Waals surface area contributed by atoms with Crippen molar-refractivity contribution in [3.8, 4) is 0 Å². The highest BCUT2D eigenvalue weighted by Gasteiger charge is 2.27. The number of aromatic nitrogens is 2. The molecule has 0 amide bonds. The summed E-state index contributed by atoms with van der Waals surface area (Å²) >= 11 is 0. The average molecular weight is 265 g/mol. The summed E-state index contributed by atoms with van der Waals surface area (Å²) in [6.45, 7) is 5.05. The molecular weight excluding hydrogens is 246 g/mol. The first-order valence-corrected chi connectivity index (χ1v) is 6.26. The molecule has 0 unspecified atom stereocenters. The lowest BCUT2D eigenvalue weighted by Gasteiger charge is -2.24. The molecule has 0 atom stereocenters. The van der Waals surface area contributed by atoms with Crippen molar-refractivity contribution in [2.45, 2.75) is 20.1 Å². The van der Waals surface area contributed by atoms with Crippen molar-refractivity contribution in [2.75, 3.05) is 25.3 Å². The fraction of sp³-hybridized carbons (Fsp3) is 0.500. The van der Waals surface area contributed by atoms with Crippen molar-refractivity contribution >= 4 is 5.82 Å². The van der Waals surface area contributed by atoms with Crippen LogP contribution < -0.4 is 10.5 Å². The highest BCUT2D eigenvalue weighted by Crippen LogP contribution is 2.20. The van der Waals surface area contributed by atoms with Crippen molar-refractivity contribution in [3.63, 3.8) is 0 Å². The third-order valence-electron chi connectivity index (χ3n) is 2.58. The Morgan fingerprint density at radius 3 is 2.58 bits per heavy atom. The van der Waals surface area contributed by atoms with Gasteiger partial charge in [-0.3, -0.25) is 9.99 Å². The molecule has 1 aromatic heterocycles. The number of likely N-dealkylation sites (N-methyl/N-ethyl adjacent to an activating group) is 1. The van der Waals surface area contributed by atoms with E-state index in [9.17, 15) is 0 Å². The third-order valence-corrected chi connectivity index (χ3v) is 2.58. The van der Waals surface area contributed by atoms with E-state index in [1.807, 2.05) is 32.1 Å². The summed E-state index contributed by atoms with van der Waals surface area (Å²) < 4.78 is 11.2. The summed E-state index contributed by atoms with van der Waals surface area (Å²) in [7, 11) is 1.90. The first-order valence-electron chi connectivity index (χ1n) is 6.26. The lowest BCUT2D eigenvalue weighted by Crippen LogP contribution is -2.40. The van der Waals surface area contributed by atoms with Crippen LogP contribution in [0.15, 0.2) is 30.5 Å². The maximum atomic E-state index is 5.59. The summed E-state index contributed by atoms with van der Waals surface area (Å²) in [6, 6.07) is 0. The molecular formula is C12H19N5O2. The van der Waals surface area contributed by atoms with E-state index in [2.05, 4.69) is 15.5 Å². The highest BCUT2D eigenvalue weighted by molar-refractivity contribution is 5.40. The van der Waals surface area contributed by atoms with E-state index in [1.54, 1.807) is 23.6 Å². The Labute approximate surface area is 112 Å². The summed E-state index contributed by atoms with van der Waals surface area (Å²) in [5, 5.41) is 3.61. The molecule has 104 valence electrons. The quantitative estimate of drug-likeness (QED) is 0.766. The molecule has 1 aromatic rings. The maximum absolute atomic E-state index is 5.59. The molecule has 7 nitrogen and oxygen atoms in total. The zero-order valence-corrected chi connectivity index (χ0v) is 11.4. The van der Waals surface area contributed by atoms with E-state index >= 15 is 0 Å². The van der Waals surface area contributed by atoms with Gasteiger partial charge in [0, 0.05) is 32.7 Å². The van der Waals surface area contributed by atoms with E-state index in [4.69, 9.17) is 9.47 Å². The van der Waals surface area contributed by atoms with Gasteiger partial charge in [0.1, 0.15) is 5.70 Å². The topological polar surface area (TPSA) is 62.8 Å². The highest BCUT2D eigenvalue weighted by atomic mass is 16.7. The maximum Gasteiger partial charge on any atom is 0.201 e. The Kier molecular flexibility index (Phi) is 4.67. The van der Waals surface area contributed by atoms with Crippen LogP contribution >= 0.6 is 0 Å². The number of hydrogen-bond acceptors (Lipinski definition) is 7. The molecule has 1 aliphatic rings. The fourth-order valence-electron chi connectivity index (χ4n) is 1.74. The molecule has 0 aromatic carbocycles. The molecule has 19 heavy (non-hydrogen) atoms. The van der Waals surface area contributed by atoms with Crippen LogP contribution in [0.25, 0.3) is 0 Å². The van der Waals surface area contributed by atoms with Crippen molar-refractivity contribution in [3.05, 3.63) is 30.5 Å². The molecule has 1 aliphatic heterocycles. The fourth-order valence-corrected chi connectivity index (χ4v) is 1.74. The van der Waals surface area contributed by atoms with E-state index in [1.165, 1.54) is 0 Å². The number of ether oxygens (including phenoxy) is 2. The van der Waals surface area contributed by atoms with Crippen molar-refractivity contribution < 1.29 is 9.47 Å². The Morgan fingerprint density at radius 1 is 1.26 bits per heavy atom. The molecule has 0 spiro atoms. The standard InChI is InChI=1S/C12H19N5O2/c1-4-18-12(19-5-2)10-9-17(15-16(10)3)11-8-13-6-7-14-11/h6-9,12,15H,4-5H2,1-3H3. The molecule has 2 rings (SSSR count). The minimum Gasteiger partial charge on any atom is -0.347 e. The summed E-state index contributed by atoms with van der Waals surface area (Å²) in [6.07, 6.45) is 6.45. The first-order chi connectivity index (χ1) is 9.26. The van der Waals surface area contributed by atoms with Crippen LogP contribution in [0.4, 0.5) is 5.82 Å². The lowest BCUT2D eigenvalue weighted by molar-refractivity contribution is -0.123. The number of nitrogens with one attached hydrogen (secondary N) is 1. The average Bonchev–Trinajstić information content (AvgIpc) is 2.82. The largest absolute Gasteiger partial charge is 0.347 e. The Balaban J connectivity index is 2.15. The minimum absolute atomic E-state index is 0.394. The lowest BCUT2D eigenvalue weighted by atomic mass is 10.4. The monoisotopic (exact) mass is 265 g/mol. The minimum atomic E-state index is -0.394.